The van der Waals surface area contributed by atoms with Crippen LogP contribution >= 0.6 is 11.6 Å². The van der Waals surface area contributed by atoms with E-state index in [-0.39, 0.29) is 0 Å². The molecule has 102 valence electrons. The Morgan fingerprint density at radius 2 is 2.15 bits per heavy atom. The summed E-state index contributed by atoms with van der Waals surface area (Å²) in [5.41, 5.74) is 2.23. The first-order chi connectivity index (χ1) is 9.79. The molecule has 5 heteroatoms. The molecule has 20 heavy (non-hydrogen) atoms. The lowest BCUT2D eigenvalue weighted by Gasteiger charge is -2.07. The number of nitrogens with zero attached hydrogens (tertiary/aromatic N) is 2. The van der Waals surface area contributed by atoms with Crippen LogP contribution in [0, 0.1) is 0 Å². The van der Waals surface area contributed by atoms with Gasteiger partial charge in [0.15, 0.2) is 5.22 Å². The molecule has 0 aliphatic carbocycles. The number of benzene rings is 1. The van der Waals surface area contributed by atoms with Crippen molar-refractivity contribution < 1.29 is 4.42 Å². The normalized spacial score (nSPS) is 10.7. The molecule has 0 atom stereocenters. The fraction of sp³-hybridized carbons (Fsp3) is 0.133. The van der Waals surface area contributed by atoms with Gasteiger partial charge < -0.3 is 9.73 Å². The van der Waals surface area contributed by atoms with Gasteiger partial charge in [0.1, 0.15) is 5.76 Å². The molecule has 0 fully saturated rings. The van der Waals surface area contributed by atoms with Gasteiger partial charge in [-0.05, 0) is 47.5 Å². The molecule has 0 saturated heterocycles. The molecule has 0 saturated carbocycles. The smallest absolute Gasteiger partial charge is 0.193 e. The Bertz CT molecular complexity index is 676. The van der Waals surface area contributed by atoms with Gasteiger partial charge in [0.2, 0.25) is 0 Å². The van der Waals surface area contributed by atoms with E-state index in [1.807, 2.05) is 35.1 Å². The van der Waals surface area contributed by atoms with Gasteiger partial charge in [-0.2, -0.15) is 5.10 Å². The molecular formula is C15H14ClN3O. The monoisotopic (exact) mass is 287 g/mol. The lowest BCUT2D eigenvalue weighted by molar-refractivity contribution is 0.520. The number of rotatable bonds is 5. The van der Waals surface area contributed by atoms with Crippen LogP contribution in [0.25, 0.3) is 0 Å². The SMILES string of the molecule is Clc1ccc(CNc2cccc(Cn3cccn3)c2)o1. The Kier molecular flexibility index (Phi) is 3.74. The maximum atomic E-state index is 5.74. The lowest BCUT2D eigenvalue weighted by atomic mass is 10.2. The van der Waals surface area contributed by atoms with E-state index in [0.29, 0.717) is 11.8 Å². The van der Waals surface area contributed by atoms with Crippen molar-refractivity contribution in [1.82, 2.24) is 9.78 Å². The molecule has 0 bridgehead atoms. The Balaban J connectivity index is 1.65. The number of furan rings is 1. The summed E-state index contributed by atoms with van der Waals surface area (Å²) in [6, 6.07) is 13.8. The molecule has 1 N–H and O–H groups in total. The fourth-order valence-electron chi connectivity index (χ4n) is 2.00. The summed E-state index contributed by atoms with van der Waals surface area (Å²) < 4.78 is 7.20. The molecule has 0 amide bonds. The van der Waals surface area contributed by atoms with Crippen LogP contribution in [0.5, 0.6) is 0 Å². The number of hydrogen-bond donors (Lipinski definition) is 1. The molecular weight excluding hydrogens is 274 g/mol. The first-order valence-electron chi connectivity index (χ1n) is 6.34. The third-order valence-electron chi connectivity index (χ3n) is 2.93. The number of nitrogens with one attached hydrogen (secondary N) is 1. The number of aromatic nitrogens is 2. The standard InChI is InChI=1S/C15H14ClN3O/c16-15-6-5-14(20-15)10-17-13-4-1-3-12(9-13)11-19-8-2-7-18-19/h1-9,17H,10-11H2. The number of halogens is 1. The van der Waals surface area contributed by atoms with Gasteiger partial charge in [0.05, 0.1) is 13.1 Å². The summed E-state index contributed by atoms with van der Waals surface area (Å²) in [7, 11) is 0. The summed E-state index contributed by atoms with van der Waals surface area (Å²) in [6.07, 6.45) is 3.73. The van der Waals surface area contributed by atoms with E-state index in [1.54, 1.807) is 12.3 Å². The van der Waals surface area contributed by atoms with Crippen molar-refractivity contribution in [3.8, 4) is 0 Å². The van der Waals surface area contributed by atoms with Crippen LogP contribution < -0.4 is 5.32 Å². The zero-order valence-corrected chi connectivity index (χ0v) is 11.5. The Morgan fingerprint density at radius 1 is 1.20 bits per heavy atom. The van der Waals surface area contributed by atoms with E-state index in [0.717, 1.165) is 18.0 Å². The lowest BCUT2D eigenvalue weighted by Crippen LogP contribution is -2.02. The van der Waals surface area contributed by atoms with Crippen LogP contribution in [-0.2, 0) is 13.1 Å². The second kappa shape index (κ2) is 5.84. The minimum Gasteiger partial charge on any atom is -0.448 e. The Labute approximate surface area is 122 Å². The molecule has 0 spiro atoms. The first kappa shape index (κ1) is 12.8. The molecule has 0 radical (unpaired) electrons. The molecule has 0 aliphatic heterocycles. The summed E-state index contributed by atoms with van der Waals surface area (Å²) in [4.78, 5) is 0. The van der Waals surface area contributed by atoms with Crippen molar-refractivity contribution in [2.24, 2.45) is 0 Å². The summed E-state index contributed by atoms with van der Waals surface area (Å²) in [5, 5.41) is 7.93. The zero-order valence-electron chi connectivity index (χ0n) is 10.8. The van der Waals surface area contributed by atoms with Crippen molar-refractivity contribution in [3.63, 3.8) is 0 Å². The third kappa shape index (κ3) is 3.22. The van der Waals surface area contributed by atoms with Crippen molar-refractivity contribution in [1.29, 1.82) is 0 Å². The van der Waals surface area contributed by atoms with Crippen LogP contribution in [0.2, 0.25) is 5.22 Å². The predicted molar refractivity (Wildman–Crippen MR) is 78.8 cm³/mol. The number of anilines is 1. The van der Waals surface area contributed by atoms with Crippen LogP contribution in [0.3, 0.4) is 0 Å². The van der Waals surface area contributed by atoms with Gasteiger partial charge >= 0.3 is 0 Å². The minimum atomic E-state index is 0.411. The van der Waals surface area contributed by atoms with Gasteiger partial charge in [0.25, 0.3) is 0 Å². The summed E-state index contributed by atoms with van der Waals surface area (Å²) >= 11 is 5.74. The van der Waals surface area contributed by atoms with E-state index in [4.69, 9.17) is 16.0 Å². The van der Waals surface area contributed by atoms with Crippen LogP contribution in [-0.4, -0.2) is 9.78 Å². The average molecular weight is 288 g/mol. The van der Waals surface area contributed by atoms with E-state index >= 15 is 0 Å². The highest BCUT2D eigenvalue weighted by molar-refractivity contribution is 6.28. The quantitative estimate of drug-likeness (QED) is 0.776. The van der Waals surface area contributed by atoms with E-state index in [1.165, 1.54) is 5.56 Å². The second-order valence-corrected chi connectivity index (χ2v) is 4.84. The summed E-state index contributed by atoms with van der Waals surface area (Å²) in [5.74, 6) is 0.812. The molecule has 0 unspecified atom stereocenters. The highest BCUT2D eigenvalue weighted by Gasteiger charge is 2.01. The molecule has 3 rings (SSSR count). The average Bonchev–Trinajstić information content (AvgIpc) is 3.09. The topological polar surface area (TPSA) is 43.0 Å². The van der Waals surface area contributed by atoms with E-state index in [2.05, 4.69) is 22.5 Å². The van der Waals surface area contributed by atoms with Gasteiger partial charge in [0, 0.05) is 18.1 Å². The largest absolute Gasteiger partial charge is 0.448 e. The number of hydrogen-bond acceptors (Lipinski definition) is 3. The predicted octanol–water partition coefficient (Wildman–Crippen LogP) is 3.79. The fourth-order valence-corrected chi connectivity index (χ4v) is 2.16. The van der Waals surface area contributed by atoms with E-state index < -0.39 is 0 Å². The van der Waals surface area contributed by atoms with Gasteiger partial charge in [-0.1, -0.05) is 12.1 Å². The summed E-state index contributed by atoms with van der Waals surface area (Å²) in [6.45, 7) is 1.37. The van der Waals surface area contributed by atoms with E-state index in [9.17, 15) is 0 Å². The van der Waals surface area contributed by atoms with Crippen LogP contribution in [0.1, 0.15) is 11.3 Å². The van der Waals surface area contributed by atoms with Crippen molar-refractivity contribution in [2.75, 3.05) is 5.32 Å². The van der Waals surface area contributed by atoms with Gasteiger partial charge in [-0.3, -0.25) is 4.68 Å². The minimum absolute atomic E-state index is 0.411. The maximum absolute atomic E-state index is 5.74. The third-order valence-corrected chi connectivity index (χ3v) is 3.13. The zero-order chi connectivity index (χ0) is 13.8. The second-order valence-electron chi connectivity index (χ2n) is 4.46. The maximum Gasteiger partial charge on any atom is 0.193 e. The Hall–Kier alpha value is -2.20. The first-order valence-corrected chi connectivity index (χ1v) is 6.72. The van der Waals surface area contributed by atoms with Gasteiger partial charge in [-0.25, -0.2) is 0 Å². The molecule has 3 aromatic rings. The molecule has 4 nitrogen and oxygen atoms in total. The van der Waals surface area contributed by atoms with Crippen molar-refractivity contribution >= 4 is 17.3 Å². The Morgan fingerprint density at radius 3 is 2.90 bits per heavy atom. The highest BCUT2D eigenvalue weighted by atomic mass is 35.5. The van der Waals surface area contributed by atoms with Crippen LogP contribution in [0.15, 0.2) is 59.3 Å². The molecule has 0 aliphatic rings. The highest BCUT2D eigenvalue weighted by Crippen LogP contribution is 2.16. The van der Waals surface area contributed by atoms with Crippen LogP contribution in [0.4, 0.5) is 5.69 Å². The molecule has 1 aromatic carbocycles. The molecule has 2 aromatic heterocycles. The van der Waals surface area contributed by atoms with Gasteiger partial charge in [-0.15, -0.1) is 0 Å². The van der Waals surface area contributed by atoms with Crippen molar-refractivity contribution in [3.05, 3.63) is 71.4 Å². The van der Waals surface area contributed by atoms with Crippen molar-refractivity contribution in [2.45, 2.75) is 13.1 Å². The molecule has 2 heterocycles.